The van der Waals surface area contributed by atoms with Crippen molar-refractivity contribution in [3.8, 4) is 0 Å². The lowest BCUT2D eigenvalue weighted by molar-refractivity contribution is -0.385. The normalized spacial score (nSPS) is 19.1. The first-order valence-corrected chi connectivity index (χ1v) is 6.99. The van der Waals surface area contributed by atoms with Crippen LogP contribution in [0.3, 0.4) is 0 Å². The number of nitro groups is 1. The summed E-state index contributed by atoms with van der Waals surface area (Å²) in [6, 6.07) is 0.0994. The number of hydrogen-bond acceptors (Lipinski definition) is 5. The molecule has 1 saturated heterocycles. The van der Waals surface area contributed by atoms with E-state index in [9.17, 15) is 14.9 Å². The topological polar surface area (TPSA) is 88.4 Å². The molecule has 1 aromatic rings. The standard InChI is InChI=1S/C12H15BrN4O3/c1-7-9(17(19)20)5-14-12(11(7)13)15-8-3-4-10(18)16(2)6-8/h5,8H,3-4,6H2,1-2H3,(H,14,15). The molecule has 1 atom stereocenters. The average Bonchev–Trinajstić information content (AvgIpc) is 2.39. The van der Waals surface area contributed by atoms with Crippen molar-refractivity contribution in [2.45, 2.75) is 25.8 Å². The van der Waals surface area contributed by atoms with Gasteiger partial charge in [-0.15, -0.1) is 0 Å². The zero-order valence-corrected chi connectivity index (χ0v) is 12.8. The summed E-state index contributed by atoms with van der Waals surface area (Å²) in [6.07, 6.45) is 2.48. The summed E-state index contributed by atoms with van der Waals surface area (Å²) in [4.78, 5) is 27.6. The first kappa shape index (κ1) is 14.7. The van der Waals surface area contributed by atoms with Crippen molar-refractivity contribution in [2.24, 2.45) is 0 Å². The minimum Gasteiger partial charge on any atom is -0.365 e. The largest absolute Gasteiger partial charge is 0.365 e. The fourth-order valence-corrected chi connectivity index (χ4v) is 2.60. The van der Waals surface area contributed by atoms with Gasteiger partial charge in [0.05, 0.1) is 9.40 Å². The number of likely N-dealkylation sites (N-methyl/N-ethyl adjacent to an activating group) is 1. The first-order chi connectivity index (χ1) is 9.40. The van der Waals surface area contributed by atoms with Gasteiger partial charge in [0.2, 0.25) is 5.91 Å². The molecule has 0 radical (unpaired) electrons. The van der Waals surface area contributed by atoms with Crippen LogP contribution in [0.4, 0.5) is 11.5 Å². The zero-order valence-electron chi connectivity index (χ0n) is 11.2. The third-order valence-corrected chi connectivity index (χ3v) is 4.37. The third kappa shape index (κ3) is 2.90. The van der Waals surface area contributed by atoms with E-state index < -0.39 is 4.92 Å². The molecule has 1 unspecified atom stereocenters. The maximum atomic E-state index is 11.4. The van der Waals surface area contributed by atoms with E-state index in [4.69, 9.17) is 0 Å². The number of anilines is 1. The summed E-state index contributed by atoms with van der Waals surface area (Å²) in [6.45, 7) is 2.27. The summed E-state index contributed by atoms with van der Waals surface area (Å²) in [5.74, 6) is 0.704. The Balaban J connectivity index is 2.16. The van der Waals surface area contributed by atoms with E-state index in [1.54, 1.807) is 18.9 Å². The minimum absolute atomic E-state index is 0.0154. The van der Waals surface area contributed by atoms with Gasteiger partial charge in [-0.25, -0.2) is 4.98 Å². The molecule has 0 spiro atoms. The predicted octanol–water partition coefficient (Wildman–Crippen LogP) is 2.09. The summed E-state index contributed by atoms with van der Waals surface area (Å²) in [5.41, 5.74) is 0.520. The number of aromatic nitrogens is 1. The minimum atomic E-state index is -0.454. The zero-order chi connectivity index (χ0) is 14.9. The van der Waals surface area contributed by atoms with E-state index >= 15 is 0 Å². The van der Waals surface area contributed by atoms with Gasteiger partial charge < -0.3 is 10.2 Å². The van der Waals surface area contributed by atoms with Crippen LogP contribution >= 0.6 is 15.9 Å². The van der Waals surface area contributed by atoms with Crippen molar-refractivity contribution in [3.05, 3.63) is 26.3 Å². The number of pyridine rings is 1. The van der Waals surface area contributed by atoms with Gasteiger partial charge in [0.1, 0.15) is 12.0 Å². The summed E-state index contributed by atoms with van der Waals surface area (Å²) in [5, 5.41) is 14.1. The highest BCUT2D eigenvalue weighted by Gasteiger charge is 2.24. The molecule has 20 heavy (non-hydrogen) atoms. The summed E-state index contributed by atoms with van der Waals surface area (Å²) < 4.78 is 0.589. The van der Waals surface area contributed by atoms with Crippen molar-refractivity contribution in [1.82, 2.24) is 9.88 Å². The molecule has 2 rings (SSSR count). The molecule has 7 nitrogen and oxygen atoms in total. The molecule has 0 saturated carbocycles. The van der Waals surface area contributed by atoms with E-state index in [0.29, 0.717) is 28.8 Å². The second kappa shape index (κ2) is 5.74. The molecular formula is C12H15BrN4O3. The van der Waals surface area contributed by atoms with Crippen LogP contribution in [0.25, 0.3) is 0 Å². The van der Waals surface area contributed by atoms with Gasteiger partial charge in [0.15, 0.2) is 0 Å². The first-order valence-electron chi connectivity index (χ1n) is 6.20. The van der Waals surface area contributed by atoms with Gasteiger partial charge in [-0.1, -0.05) is 0 Å². The van der Waals surface area contributed by atoms with Crippen LogP contribution in [0, 0.1) is 17.0 Å². The molecule has 108 valence electrons. The Morgan fingerprint density at radius 3 is 2.90 bits per heavy atom. The molecule has 1 N–H and O–H groups in total. The molecule has 1 aromatic heterocycles. The van der Waals surface area contributed by atoms with Gasteiger partial charge in [0.25, 0.3) is 5.69 Å². The molecule has 0 aliphatic carbocycles. The number of piperidine rings is 1. The Morgan fingerprint density at radius 1 is 1.60 bits per heavy atom. The Labute approximate surface area is 124 Å². The van der Waals surface area contributed by atoms with Crippen molar-refractivity contribution in [3.63, 3.8) is 0 Å². The SMILES string of the molecule is Cc1c([N+](=O)[O-])cnc(NC2CCC(=O)N(C)C2)c1Br. The van der Waals surface area contributed by atoms with Crippen molar-refractivity contribution >= 4 is 33.3 Å². The number of amides is 1. The Kier molecular flexibility index (Phi) is 4.22. The average molecular weight is 343 g/mol. The number of rotatable bonds is 3. The highest BCUT2D eigenvalue weighted by atomic mass is 79.9. The number of carbonyl (C=O) groups excluding carboxylic acids is 1. The highest BCUT2D eigenvalue weighted by Crippen LogP contribution is 2.31. The van der Waals surface area contributed by atoms with E-state index in [-0.39, 0.29) is 17.6 Å². The molecular weight excluding hydrogens is 328 g/mol. The second-order valence-corrected chi connectivity index (χ2v) is 5.64. The van der Waals surface area contributed by atoms with Crippen molar-refractivity contribution in [1.29, 1.82) is 0 Å². The molecule has 0 aromatic carbocycles. The highest BCUT2D eigenvalue weighted by molar-refractivity contribution is 9.10. The number of hydrogen-bond donors (Lipinski definition) is 1. The predicted molar refractivity (Wildman–Crippen MR) is 77.6 cm³/mol. The van der Waals surface area contributed by atoms with Crippen molar-refractivity contribution in [2.75, 3.05) is 18.9 Å². The van der Waals surface area contributed by atoms with Crippen LogP contribution < -0.4 is 5.32 Å². The molecule has 1 aliphatic heterocycles. The van der Waals surface area contributed by atoms with Crippen LogP contribution in [0.2, 0.25) is 0 Å². The Morgan fingerprint density at radius 2 is 2.30 bits per heavy atom. The molecule has 0 bridgehead atoms. The van der Waals surface area contributed by atoms with Gasteiger partial charge >= 0.3 is 0 Å². The van der Waals surface area contributed by atoms with Gasteiger partial charge in [-0.2, -0.15) is 0 Å². The molecule has 2 heterocycles. The van der Waals surface area contributed by atoms with Crippen LogP contribution in [-0.2, 0) is 4.79 Å². The van der Waals surface area contributed by atoms with E-state index in [1.807, 2.05) is 0 Å². The van der Waals surface area contributed by atoms with Crippen LogP contribution in [0.15, 0.2) is 10.7 Å². The van der Waals surface area contributed by atoms with Crippen LogP contribution in [0.5, 0.6) is 0 Å². The number of nitrogens with one attached hydrogen (secondary N) is 1. The molecule has 1 fully saturated rings. The fraction of sp³-hybridized carbons (Fsp3) is 0.500. The number of likely N-dealkylation sites (tertiary alicyclic amines) is 1. The van der Waals surface area contributed by atoms with Gasteiger partial charge in [-0.3, -0.25) is 14.9 Å². The summed E-state index contributed by atoms with van der Waals surface area (Å²) >= 11 is 3.34. The Hall–Kier alpha value is -1.70. The number of nitrogens with zero attached hydrogens (tertiary/aromatic N) is 3. The molecule has 1 aliphatic rings. The summed E-state index contributed by atoms with van der Waals surface area (Å²) in [7, 11) is 1.76. The van der Waals surface area contributed by atoms with Gasteiger partial charge in [-0.05, 0) is 29.3 Å². The van der Waals surface area contributed by atoms with E-state index in [0.717, 1.165) is 6.42 Å². The van der Waals surface area contributed by atoms with E-state index in [2.05, 4.69) is 26.2 Å². The monoisotopic (exact) mass is 342 g/mol. The molecule has 8 heteroatoms. The number of carbonyl (C=O) groups is 1. The van der Waals surface area contributed by atoms with Gasteiger partial charge in [0, 0.05) is 31.6 Å². The third-order valence-electron chi connectivity index (χ3n) is 3.40. The van der Waals surface area contributed by atoms with Crippen LogP contribution in [-0.4, -0.2) is 40.3 Å². The smallest absolute Gasteiger partial charge is 0.291 e. The van der Waals surface area contributed by atoms with Crippen molar-refractivity contribution < 1.29 is 9.72 Å². The molecule has 1 amide bonds. The second-order valence-electron chi connectivity index (χ2n) is 4.84. The number of halogens is 1. The quantitative estimate of drug-likeness (QED) is 0.671. The maximum Gasteiger partial charge on any atom is 0.291 e. The van der Waals surface area contributed by atoms with E-state index in [1.165, 1.54) is 6.20 Å². The fourth-order valence-electron chi connectivity index (χ4n) is 2.18. The van der Waals surface area contributed by atoms with Crippen LogP contribution in [0.1, 0.15) is 18.4 Å². The Bertz CT molecular complexity index is 564. The lowest BCUT2D eigenvalue weighted by Crippen LogP contribution is -2.43. The maximum absolute atomic E-state index is 11.4. The lowest BCUT2D eigenvalue weighted by atomic mass is 10.1. The lowest BCUT2D eigenvalue weighted by Gasteiger charge is -2.30.